The molecule has 2 atom stereocenters. The van der Waals surface area contributed by atoms with Crippen LogP contribution in [0.1, 0.15) is 54.9 Å². The molecular formula is C15H30N2O3. The highest BCUT2D eigenvalue weighted by Gasteiger charge is 2.26. The molecule has 118 valence electrons. The van der Waals surface area contributed by atoms with Gasteiger partial charge in [0, 0.05) is 12.6 Å². The average molecular weight is 286 g/mol. The Kier molecular flexibility index (Phi) is 6.51. The molecule has 0 bridgehead atoms. The summed E-state index contributed by atoms with van der Waals surface area (Å²) in [6.07, 6.45) is 0.525. The van der Waals surface area contributed by atoms with Gasteiger partial charge in [0.15, 0.2) is 0 Å². The van der Waals surface area contributed by atoms with Crippen LogP contribution in [0.2, 0.25) is 0 Å². The largest absolute Gasteiger partial charge is 0.481 e. The van der Waals surface area contributed by atoms with E-state index in [2.05, 4.69) is 10.6 Å². The van der Waals surface area contributed by atoms with Gasteiger partial charge in [-0.05, 0) is 24.2 Å². The minimum atomic E-state index is -0.871. The smallest absolute Gasteiger partial charge is 0.315 e. The van der Waals surface area contributed by atoms with Crippen molar-refractivity contribution in [3.05, 3.63) is 0 Å². The standard InChI is InChI=1S/C15H30N2O3/c1-10(15(5,6)7)17-13(20)16-9-11(12(18)19)8-14(2,3)4/h10-11H,8-9H2,1-7H3,(H,18,19)(H2,16,17,20). The lowest BCUT2D eigenvalue weighted by molar-refractivity contribution is -0.142. The minimum Gasteiger partial charge on any atom is -0.481 e. The third-order valence-corrected chi connectivity index (χ3v) is 3.36. The van der Waals surface area contributed by atoms with E-state index in [9.17, 15) is 14.7 Å². The van der Waals surface area contributed by atoms with Gasteiger partial charge in [-0.1, -0.05) is 41.5 Å². The molecule has 5 nitrogen and oxygen atoms in total. The molecule has 0 aromatic rings. The fourth-order valence-electron chi connectivity index (χ4n) is 1.67. The summed E-state index contributed by atoms with van der Waals surface area (Å²) in [5, 5.41) is 14.7. The van der Waals surface area contributed by atoms with E-state index in [0.29, 0.717) is 6.42 Å². The molecule has 5 heteroatoms. The third-order valence-electron chi connectivity index (χ3n) is 3.36. The number of hydrogen-bond donors (Lipinski definition) is 3. The normalized spacial score (nSPS) is 15.3. The van der Waals surface area contributed by atoms with Crippen molar-refractivity contribution in [2.45, 2.75) is 60.9 Å². The van der Waals surface area contributed by atoms with Gasteiger partial charge in [0.05, 0.1) is 5.92 Å². The van der Waals surface area contributed by atoms with Gasteiger partial charge < -0.3 is 15.7 Å². The molecule has 0 aromatic carbocycles. The highest BCUT2D eigenvalue weighted by molar-refractivity contribution is 5.76. The Morgan fingerprint density at radius 3 is 1.95 bits per heavy atom. The number of nitrogens with one attached hydrogen (secondary N) is 2. The highest BCUT2D eigenvalue weighted by atomic mass is 16.4. The van der Waals surface area contributed by atoms with Gasteiger partial charge in [0.25, 0.3) is 0 Å². The molecule has 0 aliphatic rings. The number of aliphatic carboxylic acids is 1. The van der Waals surface area contributed by atoms with Crippen LogP contribution >= 0.6 is 0 Å². The Morgan fingerprint density at radius 1 is 1.10 bits per heavy atom. The maximum absolute atomic E-state index is 11.8. The second-order valence-corrected chi connectivity index (χ2v) is 7.74. The first-order valence-corrected chi connectivity index (χ1v) is 7.10. The fraction of sp³-hybridized carbons (Fsp3) is 0.867. The van der Waals surface area contributed by atoms with E-state index in [1.54, 1.807) is 0 Å². The molecule has 20 heavy (non-hydrogen) atoms. The zero-order chi connectivity index (χ0) is 16.1. The molecule has 0 heterocycles. The van der Waals surface area contributed by atoms with Crippen LogP contribution in [0.3, 0.4) is 0 Å². The summed E-state index contributed by atoms with van der Waals surface area (Å²) < 4.78 is 0. The molecule has 2 unspecified atom stereocenters. The molecule has 0 fully saturated rings. The lowest BCUT2D eigenvalue weighted by atomic mass is 9.84. The number of carbonyl (C=O) groups excluding carboxylic acids is 1. The van der Waals surface area contributed by atoms with Gasteiger partial charge in [-0.3, -0.25) is 4.79 Å². The number of carboxylic acids is 1. The summed E-state index contributed by atoms with van der Waals surface area (Å²) in [7, 11) is 0. The summed E-state index contributed by atoms with van der Waals surface area (Å²) in [5.74, 6) is -1.44. The van der Waals surface area contributed by atoms with E-state index in [-0.39, 0.29) is 29.4 Å². The lowest BCUT2D eigenvalue weighted by Gasteiger charge is -2.28. The Balaban J connectivity index is 4.36. The van der Waals surface area contributed by atoms with Crippen molar-refractivity contribution in [2.75, 3.05) is 6.54 Å². The van der Waals surface area contributed by atoms with Crippen molar-refractivity contribution < 1.29 is 14.7 Å². The quantitative estimate of drug-likeness (QED) is 0.727. The third kappa shape index (κ3) is 8.02. The molecule has 0 saturated heterocycles. The summed E-state index contributed by atoms with van der Waals surface area (Å²) in [4.78, 5) is 23.0. The van der Waals surface area contributed by atoms with Gasteiger partial charge in [-0.25, -0.2) is 4.79 Å². The highest BCUT2D eigenvalue weighted by Crippen LogP contribution is 2.24. The van der Waals surface area contributed by atoms with Crippen LogP contribution in [0.25, 0.3) is 0 Å². The number of rotatable bonds is 5. The number of carbonyl (C=O) groups is 2. The first kappa shape index (κ1) is 18.7. The van der Waals surface area contributed by atoms with Crippen molar-refractivity contribution in [3.8, 4) is 0 Å². The summed E-state index contributed by atoms with van der Waals surface area (Å²) in [5.41, 5.74) is -0.116. The van der Waals surface area contributed by atoms with Crippen LogP contribution in [0, 0.1) is 16.7 Å². The predicted molar refractivity (Wildman–Crippen MR) is 80.6 cm³/mol. The van der Waals surface area contributed by atoms with Crippen molar-refractivity contribution in [1.82, 2.24) is 10.6 Å². The Bertz CT molecular complexity index is 340. The van der Waals surface area contributed by atoms with E-state index >= 15 is 0 Å². The van der Waals surface area contributed by atoms with E-state index in [1.165, 1.54) is 0 Å². The molecule has 3 N–H and O–H groups in total. The van der Waals surface area contributed by atoms with E-state index in [4.69, 9.17) is 0 Å². The van der Waals surface area contributed by atoms with Crippen LogP contribution < -0.4 is 10.6 Å². The second-order valence-electron chi connectivity index (χ2n) is 7.74. The zero-order valence-corrected chi connectivity index (χ0v) is 13.8. The maximum atomic E-state index is 11.8. The average Bonchev–Trinajstić information content (AvgIpc) is 2.20. The molecule has 0 spiro atoms. The minimum absolute atomic E-state index is 0.00777. The maximum Gasteiger partial charge on any atom is 0.315 e. The molecule has 0 saturated carbocycles. The van der Waals surface area contributed by atoms with E-state index in [0.717, 1.165) is 0 Å². The fourth-order valence-corrected chi connectivity index (χ4v) is 1.67. The summed E-state index contributed by atoms with van der Waals surface area (Å²) in [6, 6.07) is -0.305. The van der Waals surface area contributed by atoms with Crippen LogP contribution in [-0.2, 0) is 4.79 Å². The van der Waals surface area contributed by atoms with Crippen molar-refractivity contribution in [3.63, 3.8) is 0 Å². The van der Waals surface area contributed by atoms with E-state index in [1.807, 2.05) is 48.5 Å². The number of urea groups is 1. The van der Waals surface area contributed by atoms with Gasteiger partial charge in [0.1, 0.15) is 0 Å². The second kappa shape index (κ2) is 6.95. The SMILES string of the molecule is CC(NC(=O)NCC(CC(C)(C)C)C(=O)O)C(C)(C)C. The van der Waals surface area contributed by atoms with Crippen LogP contribution in [-0.4, -0.2) is 29.7 Å². The molecule has 0 aliphatic heterocycles. The van der Waals surface area contributed by atoms with Crippen molar-refractivity contribution >= 4 is 12.0 Å². The predicted octanol–water partition coefficient (Wildman–Crippen LogP) is 2.86. The van der Waals surface area contributed by atoms with Crippen molar-refractivity contribution in [2.24, 2.45) is 16.7 Å². The summed E-state index contributed by atoms with van der Waals surface area (Å²) in [6.45, 7) is 14.2. The first-order chi connectivity index (χ1) is 8.83. The monoisotopic (exact) mass is 286 g/mol. The summed E-state index contributed by atoms with van der Waals surface area (Å²) >= 11 is 0. The van der Waals surface area contributed by atoms with Gasteiger partial charge >= 0.3 is 12.0 Å². The molecule has 0 radical (unpaired) electrons. The number of carboxylic acid groups (broad SMARTS) is 1. The Hall–Kier alpha value is -1.26. The molecule has 0 rings (SSSR count). The van der Waals surface area contributed by atoms with Crippen LogP contribution in [0.15, 0.2) is 0 Å². The molecular weight excluding hydrogens is 256 g/mol. The van der Waals surface area contributed by atoms with Crippen molar-refractivity contribution in [1.29, 1.82) is 0 Å². The van der Waals surface area contributed by atoms with E-state index < -0.39 is 11.9 Å². The van der Waals surface area contributed by atoms with Gasteiger partial charge in [-0.15, -0.1) is 0 Å². The zero-order valence-electron chi connectivity index (χ0n) is 13.8. The van der Waals surface area contributed by atoms with Gasteiger partial charge in [0.2, 0.25) is 0 Å². The number of hydrogen-bond acceptors (Lipinski definition) is 2. The number of amides is 2. The Labute approximate surface area is 122 Å². The van der Waals surface area contributed by atoms with Crippen LogP contribution in [0.4, 0.5) is 4.79 Å². The molecule has 0 aliphatic carbocycles. The lowest BCUT2D eigenvalue weighted by Crippen LogP contribution is -2.48. The van der Waals surface area contributed by atoms with Crippen LogP contribution in [0.5, 0.6) is 0 Å². The molecule has 2 amide bonds. The molecule has 0 aromatic heterocycles. The first-order valence-electron chi connectivity index (χ1n) is 7.10. The topological polar surface area (TPSA) is 78.4 Å². The Morgan fingerprint density at radius 2 is 1.60 bits per heavy atom. The van der Waals surface area contributed by atoms with Gasteiger partial charge in [-0.2, -0.15) is 0 Å².